The van der Waals surface area contributed by atoms with E-state index in [1.165, 1.54) is 0 Å². The average molecular weight is 154 g/mol. The third kappa shape index (κ3) is 5.64. The van der Waals surface area contributed by atoms with Crippen molar-refractivity contribution in [2.24, 2.45) is 16.6 Å². The van der Waals surface area contributed by atoms with Crippen LogP contribution in [0.25, 0.3) is 0 Å². The van der Waals surface area contributed by atoms with Gasteiger partial charge in [0.15, 0.2) is 0 Å². The predicted octanol–water partition coefficient (Wildman–Crippen LogP) is 1.97. The standard InChI is InChI=1S/C9H18N2/c1-7(2)5-9(10)6-8(3)11-4/h6-7H,5,10H2,1-4H3. The maximum absolute atomic E-state index is 5.73. The molecule has 0 unspecified atom stereocenters. The number of hydrogen-bond acceptors (Lipinski definition) is 2. The van der Waals surface area contributed by atoms with E-state index in [-0.39, 0.29) is 0 Å². The lowest BCUT2D eigenvalue weighted by Gasteiger charge is -2.03. The van der Waals surface area contributed by atoms with Gasteiger partial charge in [-0.2, -0.15) is 0 Å². The predicted molar refractivity (Wildman–Crippen MR) is 50.8 cm³/mol. The third-order valence-electron chi connectivity index (χ3n) is 1.39. The van der Waals surface area contributed by atoms with Gasteiger partial charge in [-0.15, -0.1) is 0 Å². The first-order chi connectivity index (χ1) is 5.06. The summed E-state index contributed by atoms with van der Waals surface area (Å²) in [4.78, 5) is 4.00. The second kappa shape index (κ2) is 4.94. The minimum absolute atomic E-state index is 0.621. The van der Waals surface area contributed by atoms with Crippen molar-refractivity contribution in [1.29, 1.82) is 0 Å². The maximum atomic E-state index is 5.73. The van der Waals surface area contributed by atoms with Gasteiger partial charge in [0.1, 0.15) is 0 Å². The molecule has 0 saturated carbocycles. The summed E-state index contributed by atoms with van der Waals surface area (Å²) < 4.78 is 0. The van der Waals surface area contributed by atoms with Crippen LogP contribution in [0.2, 0.25) is 0 Å². The topological polar surface area (TPSA) is 38.4 Å². The molecule has 0 rings (SSSR count). The summed E-state index contributed by atoms with van der Waals surface area (Å²) in [6.45, 7) is 6.26. The second-order valence-corrected chi connectivity index (χ2v) is 3.18. The van der Waals surface area contributed by atoms with Crippen molar-refractivity contribution in [3.63, 3.8) is 0 Å². The minimum atomic E-state index is 0.621. The SMILES string of the molecule is CN=C(C)C=C(N)CC(C)C. The van der Waals surface area contributed by atoms with Crippen LogP contribution in [0.4, 0.5) is 0 Å². The van der Waals surface area contributed by atoms with Crippen molar-refractivity contribution < 1.29 is 0 Å². The van der Waals surface area contributed by atoms with E-state index in [1.807, 2.05) is 13.0 Å². The van der Waals surface area contributed by atoms with Gasteiger partial charge in [-0.3, -0.25) is 4.99 Å². The number of rotatable bonds is 3. The normalized spacial score (nSPS) is 14.3. The molecule has 0 aromatic carbocycles. The molecule has 11 heavy (non-hydrogen) atoms. The number of nitrogens with zero attached hydrogens (tertiary/aromatic N) is 1. The molecule has 2 heteroatoms. The zero-order valence-electron chi connectivity index (χ0n) is 7.89. The highest BCUT2D eigenvalue weighted by Crippen LogP contribution is 2.04. The van der Waals surface area contributed by atoms with Crippen molar-refractivity contribution in [3.05, 3.63) is 11.8 Å². The Labute approximate surface area is 69.2 Å². The smallest absolute Gasteiger partial charge is 0.0330 e. The Morgan fingerprint density at radius 1 is 1.55 bits per heavy atom. The van der Waals surface area contributed by atoms with Crippen LogP contribution in [0.1, 0.15) is 27.2 Å². The Morgan fingerprint density at radius 3 is 2.45 bits per heavy atom. The molecule has 0 aliphatic heterocycles. The third-order valence-corrected chi connectivity index (χ3v) is 1.39. The van der Waals surface area contributed by atoms with Gasteiger partial charge in [0, 0.05) is 18.5 Å². The molecule has 0 aliphatic rings. The van der Waals surface area contributed by atoms with Crippen LogP contribution in [0.15, 0.2) is 16.8 Å². The molecule has 2 N–H and O–H groups in total. The minimum Gasteiger partial charge on any atom is -0.402 e. The summed E-state index contributed by atoms with van der Waals surface area (Å²) in [5.74, 6) is 0.621. The first kappa shape index (κ1) is 10.2. The molecule has 0 saturated heterocycles. The molecule has 0 bridgehead atoms. The van der Waals surface area contributed by atoms with Crippen molar-refractivity contribution in [2.45, 2.75) is 27.2 Å². The highest BCUT2D eigenvalue weighted by molar-refractivity contribution is 5.93. The molecule has 0 atom stereocenters. The van der Waals surface area contributed by atoms with Gasteiger partial charge >= 0.3 is 0 Å². The molecule has 0 aromatic heterocycles. The van der Waals surface area contributed by atoms with Gasteiger partial charge in [0.25, 0.3) is 0 Å². The average Bonchev–Trinajstić information content (AvgIpc) is 1.85. The lowest BCUT2D eigenvalue weighted by molar-refractivity contribution is 0.638. The maximum Gasteiger partial charge on any atom is 0.0330 e. The molecule has 0 aliphatic carbocycles. The Balaban J connectivity index is 4.01. The van der Waals surface area contributed by atoms with Gasteiger partial charge < -0.3 is 5.73 Å². The van der Waals surface area contributed by atoms with E-state index < -0.39 is 0 Å². The van der Waals surface area contributed by atoms with Gasteiger partial charge in [-0.25, -0.2) is 0 Å². The first-order valence-electron chi connectivity index (χ1n) is 3.95. The fourth-order valence-electron chi connectivity index (χ4n) is 0.863. The molecule has 0 aromatic rings. The quantitative estimate of drug-likeness (QED) is 0.620. The lowest BCUT2D eigenvalue weighted by atomic mass is 10.1. The van der Waals surface area contributed by atoms with Crippen LogP contribution < -0.4 is 5.73 Å². The Morgan fingerprint density at radius 2 is 2.09 bits per heavy atom. The van der Waals surface area contributed by atoms with Crippen LogP contribution in [-0.4, -0.2) is 12.8 Å². The molecule has 64 valence electrons. The van der Waals surface area contributed by atoms with Gasteiger partial charge in [0.2, 0.25) is 0 Å². The second-order valence-electron chi connectivity index (χ2n) is 3.18. The molecule has 0 radical (unpaired) electrons. The van der Waals surface area contributed by atoms with E-state index in [2.05, 4.69) is 18.8 Å². The number of aliphatic imine (C=N–C) groups is 1. The summed E-state index contributed by atoms with van der Waals surface area (Å²) in [7, 11) is 1.77. The monoisotopic (exact) mass is 154 g/mol. The van der Waals surface area contributed by atoms with E-state index >= 15 is 0 Å². The highest BCUT2D eigenvalue weighted by Gasteiger charge is 1.95. The van der Waals surface area contributed by atoms with E-state index in [1.54, 1.807) is 7.05 Å². The summed E-state index contributed by atoms with van der Waals surface area (Å²) in [6, 6.07) is 0. The van der Waals surface area contributed by atoms with Crippen LogP contribution in [0.5, 0.6) is 0 Å². The summed E-state index contributed by atoms with van der Waals surface area (Å²) in [5, 5.41) is 0. The summed E-state index contributed by atoms with van der Waals surface area (Å²) in [6.07, 6.45) is 2.88. The molecule has 0 heterocycles. The van der Waals surface area contributed by atoms with Crippen molar-refractivity contribution >= 4 is 5.71 Å². The lowest BCUT2D eigenvalue weighted by Crippen LogP contribution is -2.03. The van der Waals surface area contributed by atoms with E-state index in [9.17, 15) is 0 Å². The molecule has 0 spiro atoms. The summed E-state index contributed by atoms with van der Waals surface area (Å²) in [5.41, 5.74) is 7.64. The van der Waals surface area contributed by atoms with Crippen molar-refractivity contribution in [3.8, 4) is 0 Å². The molecular formula is C9H18N2. The van der Waals surface area contributed by atoms with Gasteiger partial charge in [0.05, 0.1) is 0 Å². The van der Waals surface area contributed by atoms with Crippen LogP contribution >= 0.6 is 0 Å². The molecule has 0 fully saturated rings. The van der Waals surface area contributed by atoms with Crippen LogP contribution in [0.3, 0.4) is 0 Å². The van der Waals surface area contributed by atoms with Crippen molar-refractivity contribution in [2.75, 3.05) is 7.05 Å². The van der Waals surface area contributed by atoms with Gasteiger partial charge in [-0.1, -0.05) is 13.8 Å². The van der Waals surface area contributed by atoms with Crippen molar-refractivity contribution in [1.82, 2.24) is 0 Å². The Kier molecular flexibility index (Phi) is 4.59. The number of nitrogens with two attached hydrogens (primary N) is 1. The van der Waals surface area contributed by atoms with Crippen LogP contribution in [-0.2, 0) is 0 Å². The summed E-state index contributed by atoms with van der Waals surface area (Å²) >= 11 is 0. The molecule has 2 nitrogen and oxygen atoms in total. The zero-order chi connectivity index (χ0) is 8.85. The number of hydrogen-bond donors (Lipinski definition) is 1. The highest BCUT2D eigenvalue weighted by atomic mass is 14.7. The first-order valence-corrected chi connectivity index (χ1v) is 3.95. The van der Waals surface area contributed by atoms with E-state index in [0.717, 1.165) is 17.8 Å². The Hall–Kier alpha value is -0.790. The largest absolute Gasteiger partial charge is 0.402 e. The van der Waals surface area contributed by atoms with E-state index in [4.69, 9.17) is 5.73 Å². The fraction of sp³-hybridized carbons (Fsp3) is 0.667. The van der Waals surface area contributed by atoms with Gasteiger partial charge in [-0.05, 0) is 25.3 Å². The Bertz CT molecular complexity index is 166. The number of allylic oxidation sites excluding steroid dienone is 2. The zero-order valence-corrected chi connectivity index (χ0v) is 7.89. The van der Waals surface area contributed by atoms with E-state index in [0.29, 0.717) is 5.92 Å². The molecule has 0 amide bonds. The van der Waals surface area contributed by atoms with Crippen LogP contribution in [0, 0.1) is 5.92 Å². The molecular weight excluding hydrogens is 136 g/mol. The fourth-order valence-corrected chi connectivity index (χ4v) is 0.863.